The van der Waals surface area contributed by atoms with E-state index in [1.807, 2.05) is 6.08 Å². The first-order chi connectivity index (χ1) is 7.62. The largest absolute Gasteiger partial charge is 0.564 e. The van der Waals surface area contributed by atoms with Crippen molar-refractivity contribution in [2.75, 3.05) is 6.61 Å². The second-order valence-electron chi connectivity index (χ2n) is 3.46. The third kappa shape index (κ3) is 10.3. The summed E-state index contributed by atoms with van der Waals surface area (Å²) in [5.74, 6) is 4.48. The van der Waals surface area contributed by atoms with Crippen LogP contribution in [0.5, 0.6) is 0 Å². The van der Waals surface area contributed by atoms with Gasteiger partial charge in [-0.15, -0.1) is 4.18 Å². The van der Waals surface area contributed by atoms with Crippen LogP contribution in [0.1, 0.15) is 45.4 Å². The van der Waals surface area contributed by atoms with Crippen molar-refractivity contribution >= 4 is 10.8 Å². The van der Waals surface area contributed by atoms with Gasteiger partial charge in [-0.3, -0.25) is 0 Å². The van der Waals surface area contributed by atoms with Gasteiger partial charge in [0.2, 0.25) is 0 Å². The van der Waals surface area contributed by atoms with Crippen molar-refractivity contribution in [2.24, 2.45) is 5.90 Å². The zero-order chi connectivity index (χ0) is 12.3. The fourth-order valence-electron chi connectivity index (χ4n) is 1.20. The van der Waals surface area contributed by atoms with Crippen LogP contribution in [-0.4, -0.2) is 6.61 Å². The van der Waals surface area contributed by atoms with Crippen LogP contribution in [0.4, 0.5) is 0 Å². The van der Waals surface area contributed by atoms with Crippen molar-refractivity contribution in [1.29, 1.82) is 0 Å². The van der Waals surface area contributed by atoms with Gasteiger partial charge in [0.1, 0.15) is 11.2 Å². The molecule has 0 saturated carbocycles. The molecule has 0 heterocycles. The average Bonchev–Trinajstić information content (AvgIpc) is 2.27. The molecule has 0 aromatic rings. The summed E-state index contributed by atoms with van der Waals surface area (Å²) in [6.45, 7) is 2.14. The molecule has 1 unspecified atom stereocenters. The molecule has 0 rings (SSSR count). The Morgan fingerprint density at radius 2 is 1.88 bits per heavy atom. The lowest BCUT2D eigenvalue weighted by Crippen LogP contribution is -2.19. The molecular formula is C10H21NO4S+. The van der Waals surface area contributed by atoms with E-state index in [0.717, 1.165) is 12.8 Å². The second-order valence-corrected chi connectivity index (χ2v) is 4.71. The van der Waals surface area contributed by atoms with Gasteiger partial charge in [0.25, 0.3) is 0 Å². The van der Waals surface area contributed by atoms with E-state index in [0.29, 0.717) is 0 Å². The average molecular weight is 251 g/mol. The summed E-state index contributed by atoms with van der Waals surface area (Å²) in [5.41, 5.74) is 0. The van der Waals surface area contributed by atoms with Crippen LogP contribution in [0.15, 0.2) is 12.2 Å². The molecule has 0 spiro atoms. The van der Waals surface area contributed by atoms with Crippen molar-refractivity contribution < 1.29 is 17.2 Å². The molecule has 0 aromatic carbocycles. The van der Waals surface area contributed by atoms with Gasteiger partial charge in [-0.05, 0) is 17.1 Å². The molecule has 0 aliphatic carbocycles. The minimum absolute atomic E-state index is 0.0332. The first-order valence-electron chi connectivity index (χ1n) is 5.55. The molecule has 0 aromatic heterocycles. The van der Waals surface area contributed by atoms with Crippen LogP contribution in [0.25, 0.3) is 0 Å². The van der Waals surface area contributed by atoms with Gasteiger partial charge in [0.15, 0.2) is 0 Å². The van der Waals surface area contributed by atoms with E-state index in [-0.39, 0.29) is 6.61 Å². The maximum absolute atomic E-state index is 10.6. The number of allylic oxidation sites excluding steroid dienone is 1. The predicted octanol–water partition coefficient (Wildman–Crippen LogP) is 2.49. The number of hydrogen-bond acceptors (Lipinski definition) is 4. The summed E-state index contributed by atoms with van der Waals surface area (Å²) in [6.07, 6.45) is 10.6. The van der Waals surface area contributed by atoms with Gasteiger partial charge < -0.3 is 0 Å². The van der Waals surface area contributed by atoms with Crippen LogP contribution in [0.2, 0.25) is 0 Å². The molecule has 5 nitrogen and oxygen atoms in total. The Labute approximate surface area is 98.6 Å². The Morgan fingerprint density at radius 3 is 2.50 bits per heavy atom. The smallest absolute Gasteiger partial charge is 0.158 e. The molecule has 6 heteroatoms. The van der Waals surface area contributed by atoms with E-state index in [4.69, 9.17) is 0 Å². The molecule has 1 atom stereocenters. The van der Waals surface area contributed by atoms with Gasteiger partial charge >= 0.3 is 10.8 Å². The summed E-state index contributed by atoms with van der Waals surface area (Å²) in [6, 6.07) is 0. The van der Waals surface area contributed by atoms with Crippen molar-refractivity contribution in [3.8, 4) is 0 Å². The summed E-state index contributed by atoms with van der Waals surface area (Å²) in [7, 11) is -4.00. The number of hydrogen-bond donors (Lipinski definition) is 1. The highest BCUT2D eigenvalue weighted by molar-refractivity contribution is 7.88. The zero-order valence-electron chi connectivity index (χ0n) is 9.72. The Hall–Kier alpha value is -0.270. The van der Waals surface area contributed by atoms with Gasteiger partial charge in [-0.25, -0.2) is 0 Å². The molecule has 0 bridgehead atoms. The van der Waals surface area contributed by atoms with E-state index in [1.165, 1.54) is 25.7 Å². The van der Waals surface area contributed by atoms with Gasteiger partial charge in [-0.1, -0.05) is 44.8 Å². The minimum Gasteiger partial charge on any atom is -0.158 e. The van der Waals surface area contributed by atoms with E-state index >= 15 is 0 Å². The zero-order valence-corrected chi connectivity index (χ0v) is 10.5. The molecule has 16 heavy (non-hydrogen) atoms. The number of rotatable bonds is 10. The van der Waals surface area contributed by atoms with Crippen LogP contribution in [0.3, 0.4) is 0 Å². The highest BCUT2D eigenvalue weighted by atomic mass is 32.3. The molecule has 0 aliphatic rings. The molecule has 1 radical (unpaired) electrons. The van der Waals surface area contributed by atoms with E-state index in [1.54, 1.807) is 6.08 Å². The highest BCUT2D eigenvalue weighted by Crippen LogP contribution is 2.06. The standard InChI is InChI=1S/C10H21NO4S/c1-2-3-4-5-6-7-8-9-10-14-16(12,13)15-11/h8-9H,2-7,10-11H2,1H3/q+1/b9-8+. The maximum Gasteiger partial charge on any atom is 0.564 e. The van der Waals surface area contributed by atoms with Gasteiger partial charge in [-0.2, -0.15) is 5.90 Å². The van der Waals surface area contributed by atoms with Crippen LogP contribution in [-0.2, 0) is 28.0 Å². The first kappa shape index (κ1) is 15.7. The Balaban J connectivity index is 3.32. The molecule has 0 amide bonds. The monoisotopic (exact) mass is 251 g/mol. The number of nitrogens with two attached hydrogens (primary N) is 1. The summed E-state index contributed by atoms with van der Waals surface area (Å²) in [5, 5.41) is 0. The van der Waals surface area contributed by atoms with Gasteiger partial charge in [0, 0.05) is 4.21 Å². The van der Waals surface area contributed by atoms with E-state index < -0.39 is 10.8 Å². The van der Waals surface area contributed by atoms with E-state index in [2.05, 4.69) is 21.3 Å². The molecule has 0 saturated heterocycles. The fourth-order valence-corrected chi connectivity index (χ4v) is 1.50. The third-order valence-electron chi connectivity index (χ3n) is 2.07. The molecule has 0 fully saturated rings. The molecule has 0 aliphatic heterocycles. The lowest BCUT2D eigenvalue weighted by molar-refractivity contribution is 0.166. The Morgan fingerprint density at radius 1 is 1.19 bits per heavy atom. The topological polar surface area (TPSA) is 81.5 Å². The number of unbranched alkanes of at least 4 members (excludes halogenated alkanes) is 5. The Kier molecular flexibility index (Phi) is 9.75. The molecule has 2 N–H and O–H groups in total. The molecule has 95 valence electrons. The SMILES string of the molecule is CCCCCCC/C=C/CO[S+]([O])(=O)ON. The van der Waals surface area contributed by atoms with Crippen LogP contribution >= 0.6 is 0 Å². The summed E-state index contributed by atoms with van der Waals surface area (Å²) >= 11 is 0. The van der Waals surface area contributed by atoms with E-state index in [9.17, 15) is 8.76 Å². The first-order valence-corrected chi connectivity index (χ1v) is 6.88. The van der Waals surface area contributed by atoms with Crippen LogP contribution in [0, 0.1) is 0 Å². The maximum atomic E-state index is 10.6. The normalized spacial score (nSPS) is 15.4. The quantitative estimate of drug-likeness (QED) is 0.280. The molecular weight excluding hydrogens is 230 g/mol. The fraction of sp³-hybridized carbons (Fsp3) is 0.800. The summed E-state index contributed by atoms with van der Waals surface area (Å²) < 4.78 is 29.2. The lowest BCUT2D eigenvalue weighted by atomic mass is 10.1. The minimum atomic E-state index is -4.00. The van der Waals surface area contributed by atoms with Crippen molar-refractivity contribution in [2.45, 2.75) is 45.4 Å². The highest BCUT2D eigenvalue weighted by Gasteiger charge is 2.31. The van der Waals surface area contributed by atoms with Crippen molar-refractivity contribution in [1.82, 2.24) is 0 Å². The van der Waals surface area contributed by atoms with Crippen molar-refractivity contribution in [3.63, 3.8) is 0 Å². The Bertz CT molecular complexity index is 233. The third-order valence-corrected chi connectivity index (χ3v) is 2.73. The van der Waals surface area contributed by atoms with Gasteiger partial charge in [0.05, 0.1) is 0 Å². The van der Waals surface area contributed by atoms with Crippen LogP contribution < -0.4 is 5.90 Å². The van der Waals surface area contributed by atoms with Crippen molar-refractivity contribution in [3.05, 3.63) is 12.2 Å². The predicted molar refractivity (Wildman–Crippen MR) is 62.5 cm³/mol. The second kappa shape index (κ2) is 9.92. The summed E-state index contributed by atoms with van der Waals surface area (Å²) in [4.78, 5) is 0. The lowest BCUT2D eigenvalue weighted by Gasteiger charge is -1.96.